The highest BCUT2D eigenvalue weighted by molar-refractivity contribution is 5.97. The maximum atomic E-state index is 14.7. The normalized spacial score (nSPS) is 19.0. The average Bonchev–Trinajstić information content (AvgIpc) is 2.97. The minimum atomic E-state index is -1.32. The summed E-state index contributed by atoms with van der Waals surface area (Å²) in [5, 5.41) is 10.8. The van der Waals surface area contributed by atoms with E-state index < -0.39 is 11.3 Å². The first-order chi connectivity index (χ1) is 18.5. The van der Waals surface area contributed by atoms with Crippen LogP contribution < -0.4 is 4.74 Å². The van der Waals surface area contributed by atoms with Gasteiger partial charge in [0.15, 0.2) is 5.41 Å². The third-order valence-electron chi connectivity index (χ3n) is 7.30. The van der Waals surface area contributed by atoms with E-state index in [0.29, 0.717) is 13.0 Å². The van der Waals surface area contributed by atoms with Gasteiger partial charge in [-0.3, -0.25) is 4.79 Å². The minimum absolute atomic E-state index is 0.188. The fourth-order valence-corrected chi connectivity index (χ4v) is 5.22. The lowest BCUT2D eigenvalue weighted by atomic mass is 9.66. The van der Waals surface area contributed by atoms with Crippen LogP contribution in [-0.2, 0) is 17.8 Å². The van der Waals surface area contributed by atoms with Crippen molar-refractivity contribution in [3.63, 3.8) is 0 Å². The third-order valence-corrected chi connectivity index (χ3v) is 7.30. The quantitative estimate of drug-likeness (QED) is 0.278. The largest absolute Gasteiger partial charge is 0.497 e. The van der Waals surface area contributed by atoms with Crippen LogP contribution in [0.5, 0.6) is 5.75 Å². The first-order valence-corrected chi connectivity index (χ1v) is 12.8. The fourth-order valence-electron chi connectivity index (χ4n) is 5.22. The van der Waals surface area contributed by atoms with E-state index in [-0.39, 0.29) is 5.91 Å². The second kappa shape index (κ2) is 10.8. The van der Waals surface area contributed by atoms with Crippen molar-refractivity contribution in [2.45, 2.75) is 25.8 Å². The van der Waals surface area contributed by atoms with Gasteiger partial charge in [0.05, 0.1) is 19.7 Å². The van der Waals surface area contributed by atoms with Gasteiger partial charge in [-0.05, 0) is 41.3 Å². The van der Waals surface area contributed by atoms with Crippen molar-refractivity contribution < 1.29 is 9.53 Å². The Hall–Kier alpha value is -4.62. The molecule has 1 aliphatic rings. The summed E-state index contributed by atoms with van der Waals surface area (Å²) >= 11 is 0. The van der Waals surface area contributed by atoms with Crippen LogP contribution in [0.15, 0.2) is 115 Å². The number of amides is 1. The topological polar surface area (TPSA) is 53.3 Å². The minimum Gasteiger partial charge on any atom is -0.497 e. The van der Waals surface area contributed by atoms with Gasteiger partial charge in [0.25, 0.3) is 0 Å². The van der Waals surface area contributed by atoms with Crippen molar-refractivity contribution in [1.82, 2.24) is 4.90 Å². The first-order valence-electron chi connectivity index (χ1n) is 12.8. The maximum Gasteiger partial charge on any atom is 0.249 e. The Kier molecular flexibility index (Phi) is 7.11. The van der Waals surface area contributed by atoms with Crippen molar-refractivity contribution in [1.29, 1.82) is 5.26 Å². The van der Waals surface area contributed by atoms with E-state index in [1.54, 1.807) is 12.0 Å². The van der Waals surface area contributed by atoms with Crippen molar-refractivity contribution in [2.24, 2.45) is 5.41 Å². The number of nitrogens with zero attached hydrogens (tertiary/aromatic N) is 2. The number of hydrogen-bond donors (Lipinski definition) is 0. The number of carbonyl (C=O) groups excluding carboxylic acids is 1. The summed E-state index contributed by atoms with van der Waals surface area (Å²) in [7, 11) is 1.63. The summed E-state index contributed by atoms with van der Waals surface area (Å²) in [5.41, 5.74) is 4.46. The molecule has 0 radical (unpaired) electrons. The van der Waals surface area contributed by atoms with Gasteiger partial charge in [-0.1, -0.05) is 109 Å². The molecular weight excluding hydrogens is 468 g/mol. The molecule has 5 rings (SSSR count). The Bertz CT molecular complexity index is 1470. The molecule has 1 heterocycles. The van der Waals surface area contributed by atoms with E-state index in [9.17, 15) is 10.1 Å². The van der Waals surface area contributed by atoms with Crippen LogP contribution in [0.4, 0.5) is 0 Å². The molecule has 4 nitrogen and oxygen atoms in total. The number of aryl methyl sites for hydroxylation is 1. The third kappa shape index (κ3) is 4.84. The molecule has 1 aliphatic heterocycles. The number of ether oxygens (including phenoxy) is 1. The van der Waals surface area contributed by atoms with Crippen LogP contribution >= 0.6 is 0 Å². The molecule has 2 unspecified atom stereocenters. The molecule has 4 aromatic carbocycles. The van der Waals surface area contributed by atoms with Gasteiger partial charge >= 0.3 is 0 Å². The Morgan fingerprint density at radius 1 is 0.842 bits per heavy atom. The molecule has 38 heavy (non-hydrogen) atoms. The number of methoxy groups -OCH3 is 1. The SMILES string of the molecule is COc1ccc(C2C=C(c3ccc(C)cc3)N(Cc3ccccc3)C(=O)C2(C#N)Cc2ccccc2)cc1. The van der Waals surface area contributed by atoms with Crippen LogP contribution in [-0.4, -0.2) is 17.9 Å². The van der Waals surface area contributed by atoms with Gasteiger partial charge in [0, 0.05) is 18.0 Å². The van der Waals surface area contributed by atoms with Crippen LogP contribution in [0.3, 0.4) is 0 Å². The molecule has 0 aromatic heterocycles. The lowest BCUT2D eigenvalue weighted by Crippen LogP contribution is -2.49. The molecule has 4 heteroatoms. The summed E-state index contributed by atoms with van der Waals surface area (Å²) in [4.78, 5) is 16.5. The first kappa shape index (κ1) is 25.0. The van der Waals surface area contributed by atoms with Gasteiger partial charge in [-0.25, -0.2) is 0 Å². The Morgan fingerprint density at radius 2 is 1.45 bits per heavy atom. The van der Waals surface area contributed by atoms with Gasteiger partial charge < -0.3 is 9.64 Å². The summed E-state index contributed by atoms with van der Waals surface area (Å²) in [5.74, 6) is 0.0935. The highest BCUT2D eigenvalue weighted by atomic mass is 16.5. The second-order valence-corrected chi connectivity index (χ2v) is 9.79. The van der Waals surface area contributed by atoms with Crippen LogP contribution in [0.1, 0.15) is 33.7 Å². The van der Waals surface area contributed by atoms with E-state index >= 15 is 0 Å². The fraction of sp³-hybridized carbons (Fsp3) is 0.176. The number of benzene rings is 4. The molecule has 0 saturated heterocycles. The molecule has 0 aliphatic carbocycles. The van der Waals surface area contributed by atoms with Crippen LogP contribution in [0.25, 0.3) is 5.70 Å². The molecule has 0 saturated carbocycles. The standard InChI is InChI=1S/C34H30N2O2/c1-25-13-15-29(16-14-25)32-21-31(28-17-19-30(38-2)20-18-28)34(24-35,22-26-9-5-3-6-10-26)33(37)36(32)23-27-11-7-4-8-12-27/h3-21,31H,22-23H2,1-2H3. The molecular formula is C34H30N2O2. The van der Waals surface area contributed by atoms with E-state index in [0.717, 1.165) is 39.3 Å². The van der Waals surface area contributed by atoms with E-state index in [1.165, 1.54) is 0 Å². The van der Waals surface area contributed by atoms with Crippen molar-refractivity contribution in [2.75, 3.05) is 7.11 Å². The van der Waals surface area contributed by atoms with Crippen LogP contribution in [0.2, 0.25) is 0 Å². The molecule has 188 valence electrons. The summed E-state index contributed by atoms with van der Waals surface area (Å²) < 4.78 is 5.38. The zero-order valence-corrected chi connectivity index (χ0v) is 21.7. The van der Waals surface area contributed by atoms with E-state index in [1.807, 2.05) is 104 Å². The number of hydrogen-bond acceptors (Lipinski definition) is 3. The van der Waals surface area contributed by atoms with Crippen molar-refractivity contribution >= 4 is 11.6 Å². The highest BCUT2D eigenvalue weighted by Gasteiger charge is 2.52. The Balaban J connectivity index is 1.72. The summed E-state index contributed by atoms with van der Waals surface area (Å²) in [6.45, 7) is 2.43. The Labute approximate surface area is 224 Å². The zero-order chi connectivity index (χ0) is 26.5. The molecule has 1 amide bonds. The van der Waals surface area contributed by atoms with Crippen molar-refractivity contribution in [3.8, 4) is 11.8 Å². The van der Waals surface area contributed by atoms with Crippen molar-refractivity contribution in [3.05, 3.63) is 143 Å². The molecule has 4 aromatic rings. The smallest absolute Gasteiger partial charge is 0.249 e. The summed E-state index contributed by atoms with van der Waals surface area (Å²) in [6.07, 6.45) is 2.42. The monoisotopic (exact) mass is 498 g/mol. The highest BCUT2D eigenvalue weighted by Crippen LogP contribution is 2.48. The van der Waals surface area contributed by atoms with Gasteiger partial charge in [0.1, 0.15) is 5.75 Å². The lowest BCUT2D eigenvalue weighted by molar-refractivity contribution is -0.137. The number of allylic oxidation sites excluding steroid dienone is 1. The molecule has 0 N–H and O–H groups in total. The van der Waals surface area contributed by atoms with Gasteiger partial charge in [0.2, 0.25) is 5.91 Å². The average molecular weight is 499 g/mol. The number of rotatable bonds is 7. The second-order valence-electron chi connectivity index (χ2n) is 9.79. The molecule has 0 fully saturated rings. The number of carbonyl (C=O) groups is 1. The van der Waals surface area contributed by atoms with Gasteiger partial charge in [-0.15, -0.1) is 0 Å². The predicted molar refractivity (Wildman–Crippen MR) is 150 cm³/mol. The molecule has 0 bridgehead atoms. The Morgan fingerprint density at radius 3 is 2.03 bits per heavy atom. The molecule has 0 spiro atoms. The summed E-state index contributed by atoms with van der Waals surface area (Å²) in [6, 6.07) is 38.2. The molecule has 2 atom stereocenters. The zero-order valence-electron chi connectivity index (χ0n) is 21.7. The van der Waals surface area contributed by atoms with Crippen LogP contribution in [0, 0.1) is 23.7 Å². The maximum absolute atomic E-state index is 14.7. The van der Waals surface area contributed by atoms with Gasteiger partial charge in [-0.2, -0.15) is 5.26 Å². The predicted octanol–water partition coefficient (Wildman–Crippen LogP) is 6.92. The van der Waals surface area contributed by atoms with E-state index in [2.05, 4.69) is 24.3 Å². The number of nitriles is 1. The van der Waals surface area contributed by atoms with E-state index in [4.69, 9.17) is 4.74 Å². The lowest BCUT2D eigenvalue weighted by Gasteiger charge is -2.43.